The number of hydrogen-bond donors (Lipinski definition) is 1. The maximum Gasteiger partial charge on any atom is 0.335 e. The van der Waals surface area contributed by atoms with Crippen LogP contribution < -0.4 is 0 Å². The van der Waals surface area contributed by atoms with Crippen molar-refractivity contribution in [2.75, 3.05) is 0 Å². The molecule has 0 saturated carbocycles. The molecule has 0 atom stereocenters. The average molecular weight is 324 g/mol. The van der Waals surface area contributed by atoms with Crippen LogP contribution in [-0.4, -0.2) is 16.0 Å². The first-order valence-electron chi connectivity index (χ1n) is 5.87. The number of aromatic carboxylic acids is 1. The fraction of sp³-hybridized carbons (Fsp3) is 0.0714. The Balaban J connectivity index is 2.29. The van der Waals surface area contributed by atoms with E-state index in [1.54, 1.807) is 12.1 Å². The molecule has 0 spiro atoms. The molecule has 2 aromatic carbocycles. The van der Waals surface area contributed by atoms with Crippen molar-refractivity contribution in [2.45, 2.75) is 10.6 Å². The van der Waals surface area contributed by atoms with Crippen LogP contribution in [0.3, 0.4) is 0 Å². The smallest absolute Gasteiger partial charge is 0.335 e. The Kier molecular flexibility index (Phi) is 4.82. The number of benzene rings is 2. The standard InChI is InChI=1S/C14H10ClNO4S/c15-11-4-2-1-3-10(11)8-21-13-7-9(14(17)18)5-6-12(13)16(19)20/h1-7H,8H2,(H,17,18). The maximum absolute atomic E-state index is 11.0. The van der Waals surface area contributed by atoms with E-state index >= 15 is 0 Å². The van der Waals surface area contributed by atoms with Crippen LogP contribution in [0.5, 0.6) is 0 Å². The second-order valence-electron chi connectivity index (χ2n) is 4.12. The summed E-state index contributed by atoms with van der Waals surface area (Å²) in [6.07, 6.45) is 0. The van der Waals surface area contributed by atoms with Gasteiger partial charge in [0, 0.05) is 16.8 Å². The molecule has 0 aromatic heterocycles. The normalized spacial score (nSPS) is 10.3. The molecule has 0 aliphatic heterocycles. The summed E-state index contributed by atoms with van der Waals surface area (Å²) in [5, 5.41) is 20.5. The van der Waals surface area contributed by atoms with Crippen molar-refractivity contribution < 1.29 is 14.8 Å². The Morgan fingerprint density at radius 1 is 1.29 bits per heavy atom. The van der Waals surface area contributed by atoms with Crippen LogP contribution in [-0.2, 0) is 5.75 Å². The number of thioether (sulfide) groups is 1. The molecule has 1 N–H and O–H groups in total. The largest absolute Gasteiger partial charge is 0.478 e. The zero-order valence-electron chi connectivity index (χ0n) is 10.7. The van der Waals surface area contributed by atoms with Gasteiger partial charge >= 0.3 is 5.97 Å². The SMILES string of the molecule is O=C(O)c1ccc([N+](=O)[O-])c(SCc2ccccc2Cl)c1. The summed E-state index contributed by atoms with van der Waals surface area (Å²) in [5.74, 6) is -0.701. The zero-order chi connectivity index (χ0) is 15.4. The minimum absolute atomic E-state index is 0.0160. The van der Waals surface area contributed by atoms with E-state index in [-0.39, 0.29) is 11.3 Å². The predicted molar refractivity (Wildman–Crippen MR) is 81.1 cm³/mol. The number of carbonyl (C=O) groups is 1. The molecule has 0 aliphatic rings. The molecule has 0 amide bonds. The van der Waals surface area contributed by atoms with Crippen molar-refractivity contribution in [3.8, 4) is 0 Å². The molecule has 2 rings (SSSR count). The van der Waals surface area contributed by atoms with Crippen LogP contribution in [0.2, 0.25) is 5.02 Å². The maximum atomic E-state index is 11.0. The second-order valence-corrected chi connectivity index (χ2v) is 5.55. The van der Waals surface area contributed by atoms with Crippen LogP contribution in [0.25, 0.3) is 0 Å². The van der Waals surface area contributed by atoms with Gasteiger partial charge in [0.25, 0.3) is 5.69 Å². The van der Waals surface area contributed by atoms with Gasteiger partial charge in [-0.25, -0.2) is 4.79 Å². The average Bonchev–Trinajstić information content (AvgIpc) is 2.46. The van der Waals surface area contributed by atoms with Crippen molar-refractivity contribution in [3.05, 3.63) is 68.7 Å². The van der Waals surface area contributed by atoms with Crippen molar-refractivity contribution in [1.82, 2.24) is 0 Å². The molecule has 0 heterocycles. The molecule has 0 unspecified atom stereocenters. The lowest BCUT2D eigenvalue weighted by atomic mass is 10.2. The first-order valence-corrected chi connectivity index (χ1v) is 7.23. The molecule has 5 nitrogen and oxygen atoms in total. The highest BCUT2D eigenvalue weighted by Gasteiger charge is 2.17. The van der Waals surface area contributed by atoms with E-state index < -0.39 is 10.9 Å². The van der Waals surface area contributed by atoms with E-state index in [0.717, 1.165) is 5.56 Å². The summed E-state index contributed by atoms with van der Waals surface area (Å²) in [6.45, 7) is 0. The molecule has 2 aromatic rings. The quantitative estimate of drug-likeness (QED) is 0.505. The van der Waals surface area contributed by atoms with Gasteiger partial charge in [-0.2, -0.15) is 0 Å². The highest BCUT2D eigenvalue weighted by Crippen LogP contribution is 2.33. The first-order chi connectivity index (χ1) is 9.99. The van der Waals surface area contributed by atoms with Crippen LogP contribution in [0.15, 0.2) is 47.4 Å². The number of nitrogens with zero attached hydrogens (tertiary/aromatic N) is 1. The Bertz CT molecular complexity index is 705. The second kappa shape index (κ2) is 6.60. The lowest BCUT2D eigenvalue weighted by molar-refractivity contribution is -0.387. The summed E-state index contributed by atoms with van der Waals surface area (Å²) in [5.41, 5.74) is 0.735. The highest BCUT2D eigenvalue weighted by atomic mass is 35.5. The molecule has 0 fully saturated rings. The highest BCUT2D eigenvalue weighted by molar-refractivity contribution is 7.98. The monoisotopic (exact) mass is 323 g/mol. The number of carboxylic acid groups (broad SMARTS) is 1. The van der Waals surface area contributed by atoms with E-state index in [1.165, 1.54) is 30.0 Å². The summed E-state index contributed by atoms with van der Waals surface area (Å²) in [6, 6.07) is 10.9. The van der Waals surface area contributed by atoms with Crippen molar-refractivity contribution in [2.24, 2.45) is 0 Å². The Morgan fingerprint density at radius 3 is 2.62 bits per heavy atom. The van der Waals surface area contributed by atoms with Gasteiger partial charge in [-0.15, -0.1) is 11.8 Å². The van der Waals surface area contributed by atoms with Gasteiger partial charge in [0.05, 0.1) is 15.4 Å². The van der Waals surface area contributed by atoms with Crippen LogP contribution in [0, 0.1) is 10.1 Å². The lowest BCUT2D eigenvalue weighted by Gasteiger charge is -2.06. The molecule has 0 saturated heterocycles. The molecular formula is C14H10ClNO4S. The van der Waals surface area contributed by atoms with E-state index in [1.807, 2.05) is 12.1 Å². The van der Waals surface area contributed by atoms with Gasteiger partial charge in [0.15, 0.2) is 0 Å². The van der Waals surface area contributed by atoms with Gasteiger partial charge in [-0.05, 0) is 23.8 Å². The number of nitro benzene ring substituents is 1. The fourth-order valence-electron chi connectivity index (χ4n) is 1.68. The van der Waals surface area contributed by atoms with E-state index in [2.05, 4.69) is 0 Å². The number of hydrogen-bond acceptors (Lipinski definition) is 4. The van der Waals surface area contributed by atoms with Gasteiger partial charge < -0.3 is 5.11 Å². The van der Waals surface area contributed by atoms with Crippen LogP contribution >= 0.6 is 23.4 Å². The molecule has 0 bridgehead atoms. The van der Waals surface area contributed by atoms with Gasteiger partial charge in [-0.1, -0.05) is 29.8 Å². The van der Waals surface area contributed by atoms with Crippen molar-refractivity contribution >= 4 is 35.0 Å². The van der Waals surface area contributed by atoms with Crippen LogP contribution in [0.1, 0.15) is 15.9 Å². The van der Waals surface area contributed by atoms with Crippen molar-refractivity contribution in [1.29, 1.82) is 0 Å². The van der Waals surface area contributed by atoms with Crippen molar-refractivity contribution in [3.63, 3.8) is 0 Å². The van der Waals surface area contributed by atoms with E-state index in [9.17, 15) is 14.9 Å². The third-order valence-corrected chi connectivity index (χ3v) is 4.21. The number of rotatable bonds is 5. The van der Waals surface area contributed by atoms with Gasteiger partial charge in [0.1, 0.15) is 0 Å². The summed E-state index contributed by atoms with van der Waals surface area (Å²) in [4.78, 5) is 21.7. The Labute approximate surface area is 129 Å². The van der Waals surface area contributed by atoms with Crippen LogP contribution in [0.4, 0.5) is 5.69 Å². The molecule has 108 valence electrons. The number of carboxylic acids is 1. The van der Waals surface area contributed by atoms with Gasteiger partial charge in [-0.3, -0.25) is 10.1 Å². The molecule has 7 heteroatoms. The van der Waals surface area contributed by atoms with E-state index in [4.69, 9.17) is 16.7 Å². The molecule has 21 heavy (non-hydrogen) atoms. The Hall–Kier alpha value is -2.05. The minimum Gasteiger partial charge on any atom is -0.478 e. The van der Waals surface area contributed by atoms with Gasteiger partial charge in [0.2, 0.25) is 0 Å². The molecular weight excluding hydrogens is 314 g/mol. The zero-order valence-corrected chi connectivity index (χ0v) is 12.2. The fourth-order valence-corrected chi connectivity index (χ4v) is 3.03. The third kappa shape index (κ3) is 3.74. The predicted octanol–water partition coefficient (Wildman–Crippen LogP) is 4.24. The molecule has 0 radical (unpaired) electrons. The van der Waals surface area contributed by atoms with E-state index in [0.29, 0.717) is 15.7 Å². The summed E-state index contributed by atoms with van der Waals surface area (Å²) >= 11 is 7.22. The summed E-state index contributed by atoms with van der Waals surface area (Å²) in [7, 11) is 0. The minimum atomic E-state index is -1.12. The summed E-state index contributed by atoms with van der Waals surface area (Å²) < 4.78 is 0. The first kappa shape index (κ1) is 15.3. The number of nitro groups is 1. The third-order valence-electron chi connectivity index (χ3n) is 2.74. The lowest BCUT2D eigenvalue weighted by Crippen LogP contribution is -1.99. The molecule has 0 aliphatic carbocycles. The number of halogens is 1. The Morgan fingerprint density at radius 2 is 2.00 bits per heavy atom. The topological polar surface area (TPSA) is 80.4 Å².